The van der Waals surface area contributed by atoms with E-state index in [1.165, 1.54) is 12.0 Å². The van der Waals surface area contributed by atoms with Gasteiger partial charge in [-0.3, -0.25) is 14.5 Å². The fourth-order valence-electron chi connectivity index (χ4n) is 9.20. The van der Waals surface area contributed by atoms with Crippen molar-refractivity contribution in [3.8, 4) is 5.75 Å². The number of ether oxygens (including phenoxy) is 1. The number of nitrogens with zero attached hydrogens (tertiary/aromatic N) is 3. The van der Waals surface area contributed by atoms with Gasteiger partial charge in [0.1, 0.15) is 11.8 Å². The lowest BCUT2D eigenvalue weighted by molar-refractivity contribution is -0.145. The fraction of sp³-hybridized carbons (Fsp3) is 0.558. The molecule has 2 atom stereocenters. The normalized spacial score (nSPS) is 23.1. The van der Waals surface area contributed by atoms with Crippen LogP contribution < -0.4 is 25.4 Å². The summed E-state index contributed by atoms with van der Waals surface area (Å²) in [5.74, 6) is 0.0474. The third kappa shape index (κ3) is 11.2. The van der Waals surface area contributed by atoms with Crippen molar-refractivity contribution in [3.05, 3.63) is 87.6 Å². The maximum atomic E-state index is 14.8. The van der Waals surface area contributed by atoms with E-state index >= 15 is 0 Å². The zero-order chi connectivity index (χ0) is 40.5. The van der Waals surface area contributed by atoms with Gasteiger partial charge in [0, 0.05) is 55.8 Å². The Morgan fingerprint density at radius 1 is 0.983 bits per heavy atom. The Bertz CT molecular complexity index is 1960. The van der Waals surface area contributed by atoms with Crippen LogP contribution in [0.3, 0.4) is 0 Å². The molecule has 13 nitrogen and oxygen atoms in total. The van der Waals surface area contributed by atoms with Gasteiger partial charge in [0.05, 0.1) is 25.4 Å². The Morgan fingerprint density at radius 2 is 1.81 bits per heavy atom. The van der Waals surface area contributed by atoms with E-state index in [0.717, 1.165) is 80.5 Å². The van der Waals surface area contributed by atoms with Crippen molar-refractivity contribution in [2.45, 2.75) is 95.5 Å². The molecule has 4 aliphatic rings. The SMILES string of the molecule is CS(=O)(=O)NCCCC[C@@H](NC1CCC2(CC1)CCN(Cc1ccccc1)C2)C(=O)N1CCN(C(=O)Oc2cccc3c2CCNC3)C[C@H]1C(=O)NCc1cccs1. The summed E-state index contributed by atoms with van der Waals surface area (Å²) in [4.78, 5) is 49.3. The molecule has 3 aliphatic heterocycles. The molecule has 0 radical (unpaired) electrons. The van der Waals surface area contributed by atoms with Gasteiger partial charge < -0.3 is 30.5 Å². The van der Waals surface area contributed by atoms with Gasteiger partial charge in [0.15, 0.2) is 0 Å². The molecule has 2 aromatic carbocycles. The molecular formula is C43H59N7O6S2. The highest BCUT2D eigenvalue weighted by atomic mass is 32.2. The van der Waals surface area contributed by atoms with Gasteiger partial charge in [-0.2, -0.15) is 0 Å². The van der Waals surface area contributed by atoms with Gasteiger partial charge >= 0.3 is 6.09 Å². The summed E-state index contributed by atoms with van der Waals surface area (Å²) in [5.41, 5.74) is 3.74. The molecule has 1 aliphatic carbocycles. The van der Waals surface area contributed by atoms with Gasteiger partial charge in [-0.15, -0.1) is 11.3 Å². The van der Waals surface area contributed by atoms with Crippen LogP contribution in [0.1, 0.15) is 72.9 Å². The van der Waals surface area contributed by atoms with E-state index in [1.54, 1.807) is 21.1 Å². The second-order valence-electron chi connectivity index (χ2n) is 16.6. The van der Waals surface area contributed by atoms with Gasteiger partial charge in [-0.25, -0.2) is 17.9 Å². The Hall–Kier alpha value is -3.86. The van der Waals surface area contributed by atoms with E-state index < -0.39 is 28.2 Å². The molecule has 0 unspecified atom stereocenters. The Morgan fingerprint density at radius 3 is 2.59 bits per heavy atom. The van der Waals surface area contributed by atoms with Crippen LogP contribution in [-0.4, -0.2) is 111 Å². The number of fused-ring (bicyclic) bond motifs is 1. The topological polar surface area (TPSA) is 152 Å². The maximum absolute atomic E-state index is 14.8. The first-order valence-electron chi connectivity index (χ1n) is 20.9. The number of nitrogens with one attached hydrogen (secondary N) is 4. The van der Waals surface area contributed by atoms with Gasteiger partial charge in [0.2, 0.25) is 21.8 Å². The van der Waals surface area contributed by atoms with Crippen LogP contribution in [0, 0.1) is 5.41 Å². The molecule has 15 heteroatoms. The predicted molar refractivity (Wildman–Crippen MR) is 226 cm³/mol. The van der Waals surface area contributed by atoms with Crippen LogP contribution in [0.15, 0.2) is 66.0 Å². The zero-order valence-corrected chi connectivity index (χ0v) is 35.3. The van der Waals surface area contributed by atoms with Crippen molar-refractivity contribution in [2.75, 3.05) is 52.1 Å². The number of piperazine rings is 1. The number of likely N-dealkylation sites (tertiary alicyclic amines) is 1. The number of unbranched alkanes of at least 4 members (excludes halogenated alkanes) is 1. The first kappa shape index (κ1) is 42.3. The molecule has 2 saturated heterocycles. The van der Waals surface area contributed by atoms with E-state index in [2.05, 4.69) is 55.9 Å². The smallest absolute Gasteiger partial charge is 0.410 e. The number of carbonyl (C=O) groups is 3. The van der Waals surface area contributed by atoms with E-state index in [9.17, 15) is 22.8 Å². The van der Waals surface area contributed by atoms with E-state index in [-0.39, 0.29) is 42.9 Å². The van der Waals surface area contributed by atoms with Gasteiger partial charge in [0.25, 0.3) is 0 Å². The number of hydrogen-bond acceptors (Lipinski definition) is 10. The highest BCUT2D eigenvalue weighted by Crippen LogP contribution is 2.44. The summed E-state index contributed by atoms with van der Waals surface area (Å²) in [7, 11) is -3.32. The average Bonchev–Trinajstić information content (AvgIpc) is 3.90. The molecule has 4 heterocycles. The molecule has 58 heavy (non-hydrogen) atoms. The highest BCUT2D eigenvalue weighted by Gasteiger charge is 2.43. The summed E-state index contributed by atoms with van der Waals surface area (Å²) in [6.45, 7) is 5.69. The number of sulfonamides is 1. The Balaban J connectivity index is 1.03. The minimum atomic E-state index is -3.32. The predicted octanol–water partition coefficient (Wildman–Crippen LogP) is 4.23. The quantitative estimate of drug-likeness (QED) is 0.165. The van der Waals surface area contributed by atoms with Crippen molar-refractivity contribution in [1.29, 1.82) is 0 Å². The van der Waals surface area contributed by atoms with Crippen LogP contribution in [0.4, 0.5) is 4.79 Å². The number of carbonyl (C=O) groups excluding carboxylic acids is 3. The fourth-order valence-corrected chi connectivity index (χ4v) is 10.4. The van der Waals surface area contributed by atoms with Crippen molar-refractivity contribution >= 4 is 39.3 Å². The van der Waals surface area contributed by atoms with Crippen molar-refractivity contribution < 1.29 is 27.5 Å². The average molecular weight is 834 g/mol. The maximum Gasteiger partial charge on any atom is 0.415 e. The largest absolute Gasteiger partial charge is 0.415 e. The number of rotatable bonds is 15. The monoisotopic (exact) mass is 833 g/mol. The summed E-state index contributed by atoms with van der Waals surface area (Å²) < 4.78 is 32.0. The minimum absolute atomic E-state index is 0.00779. The lowest BCUT2D eigenvalue weighted by Gasteiger charge is -2.43. The first-order valence-corrected chi connectivity index (χ1v) is 23.7. The van der Waals surface area contributed by atoms with Crippen LogP contribution in [0.25, 0.3) is 0 Å². The van der Waals surface area contributed by atoms with E-state index in [4.69, 9.17) is 4.74 Å². The van der Waals surface area contributed by atoms with E-state index in [1.807, 2.05) is 35.7 Å². The molecule has 1 aromatic heterocycles. The second-order valence-corrected chi connectivity index (χ2v) is 19.4. The minimum Gasteiger partial charge on any atom is -0.410 e. The zero-order valence-electron chi connectivity index (χ0n) is 33.6. The highest BCUT2D eigenvalue weighted by molar-refractivity contribution is 7.88. The molecule has 1 saturated carbocycles. The van der Waals surface area contributed by atoms with Crippen LogP contribution in [0.2, 0.25) is 0 Å². The van der Waals surface area contributed by atoms with Crippen molar-refractivity contribution in [1.82, 2.24) is 35.4 Å². The molecule has 1 spiro atoms. The van der Waals surface area contributed by atoms with Gasteiger partial charge in [-0.1, -0.05) is 55.0 Å². The first-order chi connectivity index (χ1) is 28.0. The van der Waals surface area contributed by atoms with Crippen molar-refractivity contribution in [2.24, 2.45) is 5.41 Å². The lowest BCUT2D eigenvalue weighted by Crippen LogP contribution is -2.64. The molecule has 7 rings (SSSR count). The number of amides is 3. The number of thiophene rings is 1. The molecule has 3 fully saturated rings. The lowest BCUT2D eigenvalue weighted by atomic mass is 9.72. The molecule has 3 aromatic rings. The molecule has 3 amide bonds. The Labute approximate surface area is 347 Å². The summed E-state index contributed by atoms with van der Waals surface area (Å²) in [6.07, 6.45) is 8.34. The van der Waals surface area contributed by atoms with Crippen LogP contribution in [0.5, 0.6) is 5.75 Å². The van der Waals surface area contributed by atoms with Gasteiger partial charge in [-0.05, 0) is 98.5 Å². The summed E-state index contributed by atoms with van der Waals surface area (Å²) >= 11 is 1.54. The van der Waals surface area contributed by atoms with E-state index in [0.29, 0.717) is 44.6 Å². The third-order valence-corrected chi connectivity index (χ3v) is 14.0. The van der Waals surface area contributed by atoms with Crippen molar-refractivity contribution in [3.63, 3.8) is 0 Å². The number of benzene rings is 2. The second kappa shape index (κ2) is 19.5. The molecule has 4 N–H and O–H groups in total. The standard InChI is InChI=1S/C43H59N7O6S2/c1-58(54,55)46-21-6-5-13-37(47-34-15-18-43(19-16-34)20-23-48(31-43)29-32-9-3-2-4-10-32)41(52)50-25-24-49(30-38(50)40(51)45-28-35-12-8-26-57-35)42(53)56-39-14-7-11-33-27-44-22-17-36(33)39/h2-4,7-12,14,26,34,37-38,44,46-47H,5-6,13,15-25,27-31H2,1H3,(H,45,51)/t34?,37-,38+,43?/m1/s1. The van der Waals surface area contributed by atoms with Crippen LogP contribution >= 0.6 is 11.3 Å². The summed E-state index contributed by atoms with van der Waals surface area (Å²) in [5, 5.41) is 12.1. The molecule has 0 bridgehead atoms. The molecular weight excluding hydrogens is 775 g/mol. The Kier molecular flexibility index (Phi) is 14.2. The van der Waals surface area contributed by atoms with Crippen LogP contribution in [-0.2, 0) is 45.7 Å². The third-order valence-electron chi connectivity index (χ3n) is 12.4. The molecule has 314 valence electrons. The number of hydrogen-bond donors (Lipinski definition) is 4. The summed E-state index contributed by atoms with van der Waals surface area (Å²) in [6, 6.07) is 18.9.